The summed E-state index contributed by atoms with van der Waals surface area (Å²) in [6, 6.07) is 7.44. The molecule has 0 aromatic heterocycles. The zero-order valence-corrected chi connectivity index (χ0v) is 24.3. The Labute approximate surface area is 247 Å². The number of allylic oxidation sites excluding steroid dienone is 1. The highest BCUT2D eigenvalue weighted by atomic mass is 16.6. The maximum Gasteiger partial charge on any atom is 0.312 e. The van der Waals surface area contributed by atoms with E-state index in [1.807, 2.05) is 30.3 Å². The normalized spacial score (nSPS) is 29.3. The molecule has 5 rings (SSSR count). The van der Waals surface area contributed by atoms with Crippen molar-refractivity contribution < 1.29 is 33.7 Å². The Bertz CT molecular complexity index is 1140. The number of benzene rings is 1. The Morgan fingerprint density at radius 2 is 1.95 bits per heavy atom. The zero-order chi connectivity index (χ0) is 29.7. The molecular formula is C32H43N3O7. The minimum absolute atomic E-state index is 0.228. The first kappa shape index (κ1) is 30.4. The van der Waals surface area contributed by atoms with E-state index in [-0.39, 0.29) is 25.0 Å². The van der Waals surface area contributed by atoms with E-state index in [0.717, 1.165) is 13.1 Å². The lowest BCUT2D eigenvalue weighted by molar-refractivity contribution is -0.156. The first-order chi connectivity index (χ1) is 20.5. The zero-order valence-electron chi connectivity index (χ0n) is 24.3. The van der Waals surface area contributed by atoms with Crippen molar-refractivity contribution in [2.45, 2.75) is 49.5 Å². The van der Waals surface area contributed by atoms with Crippen LogP contribution in [0.15, 0.2) is 55.6 Å². The molecule has 4 heterocycles. The number of hydrogen-bond donors (Lipinski definition) is 1. The predicted octanol–water partition coefficient (Wildman–Crippen LogP) is 1.95. The van der Waals surface area contributed by atoms with Gasteiger partial charge in [-0.3, -0.25) is 19.3 Å². The van der Waals surface area contributed by atoms with Gasteiger partial charge >= 0.3 is 5.97 Å². The molecule has 1 spiro atoms. The second kappa shape index (κ2) is 13.5. The van der Waals surface area contributed by atoms with E-state index in [4.69, 9.17) is 14.2 Å². The fourth-order valence-corrected chi connectivity index (χ4v) is 7.21. The molecule has 2 amide bonds. The van der Waals surface area contributed by atoms with E-state index < -0.39 is 41.6 Å². The van der Waals surface area contributed by atoms with E-state index >= 15 is 0 Å². The Hall–Kier alpha value is -3.05. The van der Waals surface area contributed by atoms with Gasteiger partial charge in [0.05, 0.1) is 50.4 Å². The molecule has 4 aliphatic heterocycles. The third-order valence-corrected chi connectivity index (χ3v) is 9.19. The molecule has 0 radical (unpaired) electrons. The average molecular weight is 582 g/mol. The van der Waals surface area contributed by atoms with Crippen LogP contribution in [-0.4, -0.2) is 114 Å². The van der Waals surface area contributed by atoms with Crippen LogP contribution in [0.1, 0.15) is 37.3 Å². The van der Waals surface area contributed by atoms with Crippen LogP contribution in [-0.2, 0) is 28.6 Å². The molecule has 1 aromatic rings. The van der Waals surface area contributed by atoms with Crippen molar-refractivity contribution in [3.05, 3.63) is 61.2 Å². The van der Waals surface area contributed by atoms with Crippen molar-refractivity contribution in [3.8, 4) is 0 Å². The molecular weight excluding hydrogens is 538 g/mol. The molecule has 10 nitrogen and oxygen atoms in total. The summed E-state index contributed by atoms with van der Waals surface area (Å²) >= 11 is 0. The molecule has 4 saturated heterocycles. The van der Waals surface area contributed by atoms with Gasteiger partial charge in [-0.15, -0.1) is 13.2 Å². The van der Waals surface area contributed by atoms with Crippen molar-refractivity contribution in [2.24, 2.45) is 11.8 Å². The largest absolute Gasteiger partial charge is 0.465 e. The van der Waals surface area contributed by atoms with Gasteiger partial charge in [-0.2, -0.15) is 0 Å². The highest BCUT2D eigenvalue weighted by Crippen LogP contribution is 2.60. The third kappa shape index (κ3) is 5.65. The van der Waals surface area contributed by atoms with Gasteiger partial charge in [-0.1, -0.05) is 42.5 Å². The van der Waals surface area contributed by atoms with Gasteiger partial charge < -0.3 is 29.1 Å². The first-order valence-corrected chi connectivity index (χ1v) is 15.1. The minimum Gasteiger partial charge on any atom is -0.465 e. The number of rotatable bonds is 14. The van der Waals surface area contributed by atoms with E-state index in [9.17, 15) is 19.5 Å². The standard InChI is InChI=1S/C32H43N3O7/c1-3-5-9-19-41-31(39)26-25-12-13-32(42-25)27(26)29(37)35(24(22-36)23-10-7-6-8-11-23)28(32)30(38)34(14-4-2)16-15-33-17-20-40-21-18-33/h3-4,6-8,10-11,24-28,36H,1-2,5,9,12-22H2/t24-,25-,26+,27+,28?,32?/m1/s1. The number of hydrogen-bond acceptors (Lipinski definition) is 8. The van der Waals surface area contributed by atoms with Crippen LogP contribution in [0.4, 0.5) is 0 Å². The molecule has 1 N–H and O–H groups in total. The van der Waals surface area contributed by atoms with Crippen molar-refractivity contribution in [1.82, 2.24) is 14.7 Å². The van der Waals surface area contributed by atoms with E-state index in [1.165, 1.54) is 4.90 Å². The topological polar surface area (TPSA) is 109 Å². The number of esters is 1. The summed E-state index contributed by atoms with van der Waals surface area (Å²) in [4.78, 5) is 48.0. The number of fused-ring (bicyclic) bond motifs is 1. The number of unbranched alkanes of at least 4 members (excludes halogenated alkanes) is 1. The van der Waals surface area contributed by atoms with Crippen molar-refractivity contribution in [2.75, 3.05) is 59.2 Å². The van der Waals surface area contributed by atoms with Crippen LogP contribution in [0, 0.1) is 11.8 Å². The van der Waals surface area contributed by atoms with Gasteiger partial charge in [-0.25, -0.2) is 0 Å². The molecule has 6 atom stereocenters. The summed E-state index contributed by atoms with van der Waals surface area (Å²) in [6.45, 7) is 11.7. The smallest absolute Gasteiger partial charge is 0.312 e. The van der Waals surface area contributed by atoms with Gasteiger partial charge in [0.15, 0.2) is 0 Å². The van der Waals surface area contributed by atoms with E-state index in [1.54, 1.807) is 17.1 Å². The Balaban J connectivity index is 1.48. The number of morpholine rings is 1. The molecule has 0 saturated carbocycles. The van der Waals surface area contributed by atoms with Crippen molar-refractivity contribution in [3.63, 3.8) is 0 Å². The summed E-state index contributed by atoms with van der Waals surface area (Å²) in [5, 5.41) is 10.7. The molecule has 2 bridgehead atoms. The lowest BCUT2D eigenvalue weighted by Crippen LogP contribution is -2.58. The number of nitrogens with zero attached hydrogens (tertiary/aromatic N) is 3. The van der Waals surface area contributed by atoms with Gasteiger partial charge in [0, 0.05) is 32.7 Å². The number of aliphatic hydroxyl groups excluding tert-OH is 1. The lowest BCUT2D eigenvalue weighted by atomic mass is 9.70. The Morgan fingerprint density at radius 3 is 2.64 bits per heavy atom. The van der Waals surface area contributed by atoms with Crippen LogP contribution < -0.4 is 0 Å². The highest BCUT2D eigenvalue weighted by molar-refractivity contribution is 5.98. The van der Waals surface area contributed by atoms with Gasteiger partial charge in [-0.05, 0) is 31.2 Å². The second-order valence-corrected chi connectivity index (χ2v) is 11.5. The van der Waals surface area contributed by atoms with Crippen LogP contribution in [0.5, 0.6) is 0 Å². The van der Waals surface area contributed by atoms with Crippen LogP contribution in [0.3, 0.4) is 0 Å². The number of likely N-dealkylation sites (tertiary alicyclic amines) is 1. The summed E-state index contributed by atoms with van der Waals surface area (Å²) in [5.41, 5.74) is -0.464. The molecule has 42 heavy (non-hydrogen) atoms. The highest BCUT2D eigenvalue weighted by Gasteiger charge is 2.75. The summed E-state index contributed by atoms with van der Waals surface area (Å²) in [5.74, 6) is -2.73. The number of aliphatic hydroxyl groups is 1. The Morgan fingerprint density at radius 1 is 1.19 bits per heavy atom. The minimum atomic E-state index is -1.18. The monoisotopic (exact) mass is 581 g/mol. The van der Waals surface area contributed by atoms with E-state index in [0.29, 0.717) is 64.1 Å². The maximum atomic E-state index is 14.6. The third-order valence-electron chi connectivity index (χ3n) is 9.19. The van der Waals surface area contributed by atoms with Gasteiger partial charge in [0.2, 0.25) is 11.8 Å². The SMILES string of the molecule is C=CCCCOC(=O)[C@@H]1[C@H]2C(=O)N([C@H](CO)c3ccccc3)C(C(=O)N(CC=C)CCN3CCOCC3)C23CC[C@H]1O3. The molecule has 4 fully saturated rings. The number of carbonyl (C=O) groups excluding carboxylic acids is 3. The first-order valence-electron chi connectivity index (χ1n) is 15.1. The summed E-state index contributed by atoms with van der Waals surface area (Å²) in [7, 11) is 0. The molecule has 1 aromatic carbocycles. The van der Waals surface area contributed by atoms with Crippen molar-refractivity contribution >= 4 is 17.8 Å². The van der Waals surface area contributed by atoms with Crippen molar-refractivity contribution in [1.29, 1.82) is 0 Å². The van der Waals surface area contributed by atoms with Gasteiger partial charge in [0.1, 0.15) is 11.6 Å². The van der Waals surface area contributed by atoms with E-state index in [2.05, 4.69) is 18.1 Å². The number of amides is 2. The maximum absolute atomic E-state index is 14.6. The molecule has 2 unspecified atom stereocenters. The fraction of sp³-hybridized carbons (Fsp3) is 0.594. The van der Waals surface area contributed by atoms with Crippen LogP contribution >= 0.6 is 0 Å². The lowest BCUT2D eigenvalue weighted by Gasteiger charge is -2.40. The summed E-state index contributed by atoms with van der Waals surface area (Å²) in [6.07, 6.45) is 5.35. The molecule has 228 valence electrons. The van der Waals surface area contributed by atoms with Gasteiger partial charge in [0.25, 0.3) is 0 Å². The molecule has 10 heteroatoms. The predicted molar refractivity (Wildman–Crippen MR) is 155 cm³/mol. The number of carbonyl (C=O) groups is 3. The second-order valence-electron chi connectivity index (χ2n) is 11.5. The molecule has 0 aliphatic carbocycles. The average Bonchev–Trinajstić information content (AvgIpc) is 3.66. The van der Waals surface area contributed by atoms with Crippen LogP contribution in [0.2, 0.25) is 0 Å². The molecule has 4 aliphatic rings. The summed E-state index contributed by atoms with van der Waals surface area (Å²) < 4.78 is 17.7. The quantitative estimate of drug-likeness (QED) is 0.202. The fourth-order valence-electron chi connectivity index (χ4n) is 7.21. The van der Waals surface area contributed by atoms with Crippen LogP contribution in [0.25, 0.3) is 0 Å². The number of ether oxygens (including phenoxy) is 3. The Kier molecular flexibility index (Phi) is 9.77.